The van der Waals surface area contributed by atoms with Crippen LogP contribution in [0.4, 0.5) is 0 Å². The van der Waals surface area contributed by atoms with Gasteiger partial charge in [0.15, 0.2) is 0 Å². The molecule has 0 spiro atoms. The van der Waals surface area contributed by atoms with E-state index in [1.54, 1.807) is 0 Å². The lowest BCUT2D eigenvalue weighted by Crippen LogP contribution is -2.28. The molecule has 10 heavy (non-hydrogen) atoms. The van der Waals surface area contributed by atoms with Crippen molar-refractivity contribution in [3.8, 4) is 0 Å². The number of piperidine rings is 1. The molecular formula is C9H19N. The normalized spacial score (nSPS) is 24.3. The topological polar surface area (TPSA) is 12.0 Å². The molecule has 1 atom stereocenters. The van der Waals surface area contributed by atoms with E-state index in [1.807, 2.05) is 13.8 Å². The predicted molar refractivity (Wildman–Crippen MR) is 46.9 cm³/mol. The van der Waals surface area contributed by atoms with Crippen LogP contribution in [0.5, 0.6) is 0 Å². The minimum Gasteiger partial charge on any atom is -0.386 e. The highest BCUT2D eigenvalue weighted by molar-refractivity contribution is 4.96. The third kappa shape index (κ3) is 3.54. The van der Waals surface area contributed by atoms with Gasteiger partial charge in [-0.15, -0.1) is 0 Å². The molecule has 0 bridgehead atoms. The molecule has 60 valence electrons. The van der Waals surface area contributed by atoms with E-state index in [0.29, 0.717) is 6.04 Å². The van der Waals surface area contributed by atoms with Crippen molar-refractivity contribution in [2.45, 2.75) is 46.1 Å². The maximum atomic E-state index is 3.85. The quantitative estimate of drug-likeness (QED) is 0.547. The van der Waals surface area contributed by atoms with Gasteiger partial charge in [-0.25, -0.2) is 0 Å². The zero-order chi connectivity index (χ0) is 7.98. The second-order valence-electron chi connectivity index (χ2n) is 2.54. The summed E-state index contributed by atoms with van der Waals surface area (Å²) in [5.74, 6) is 0. The van der Waals surface area contributed by atoms with Crippen LogP contribution in [0.15, 0.2) is 12.3 Å². The lowest BCUT2D eigenvalue weighted by Gasteiger charge is -2.22. The Balaban J connectivity index is 0.000000371. The Morgan fingerprint density at radius 2 is 2.10 bits per heavy atom. The van der Waals surface area contributed by atoms with Gasteiger partial charge in [-0.1, -0.05) is 20.4 Å². The molecule has 0 aromatic heterocycles. The lowest BCUT2D eigenvalue weighted by atomic mass is 10.0. The smallest absolute Gasteiger partial charge is 0.0229 e. The van der Waals surface area contributed by atoms with Crippen LogP contribution in [-0.4, -0.2) is 6.04 Å². The molecule has 1 heteroatoms. The Labute approximate surface area is 64.5 Å². The Bertz CT molecular complexity index is 96.9. The van der Waals surface area contributed by atoms with E-state index in [2.05, 4.69) is 18.8 Å². The van der Waals surface area contributed by atoms with Crippen molar-refractivity contribution >= 4 is 0 Å². The van der Waals surface area contributed by atoms with E-state index in [9.17, 15) is 0 Å². The summed E-state index contributed by atoms with van der Waals surface area (Å²) in [5.41, 5.74) is 1.21. The summed E-state index contributed by atoms with van der Waals surface area (Å²) in [7, 11) is 0. The van der Waals surface area contributed by atoms with Crippen molar-refractivity contribution < 1.29 is 0 Å². The van der Waals surface area contributed by atoms with Gasteiger partial charge in [0.1, 0.15) is 0 Å². The molecule has 1 aliphatic heterocycles. The maximum absolute atomic E-state index is 3.85. The summed E-state index contributed by atoms with van der Waals surface area (Å²) in [6.07, 6.45) is 3.79. The third-order valence-electron chi connectivity index (χ3n) is 1.57. The van der Waals surface area contributed by atoms with Gasteiger partial charge in [-0.3, -0.25) is 0 Å². The molecule has 1 rings (SSSR count). The van der Waals surface area contributed by atoms with Gasteiger partial charge in [0, 0.05) is 11.7 Å². The van der Waals surface area contributed by atoms with Gasteiger partial charge in [0.25, 0.3) is 0 Å². The number of hydrogen-bond donors (Lipinski definition) is 1. The molecule has 1 fully saturated rings. The predicted octanol–water partition coefficient (Wildman–Crippen LogP) is 2.69. The Morgan fingerprint density at radius 1 is 1.50 bits per heavy atom. The Kier molecular flexibility index (Phi) is 5.09. The van der Waals surface area contributed by atoms with Crippen molar-refractivity contribution in [2.75, 3.05) is 0 Å². The van der Waals surface area contributed by atoms with Gasteiger partial charge in [0.2, 0.25) is 0 Å². The second kappa shape index (κ2) is 5.33. The van der Waals surface area contributed by atoms with E-state index in [-0.39, 0.29) is 0 Å². The average molecular weight is 141 g/mol. The summed E-state index contributed by atoms with van der Waals surface area (Å²) in [6, 6.07) is 0.663. The van der Waals surface area contributed by atoms with Crippen molar-refractivity contribution in [2.24, 2.45) is 0 Å². The first kappa shape index (κ1) is 9.54. The van der Waals surface area contributed by atoms with Crippen molar-refractivity contribution in [3.05, 3.63) is 12.3 Å². The van der Waals surface area contributed by atoms with E-state index in [4.69, 9.17) is 0 Å². The van der Waals surface area contributed by atoms with Crippen LogP contribution in [-0.2, 0) is 0 Å². The fourth-order valence-corrected chi connectivity index (χ4v) is 1.11. The number of allylic oxidation sites excluding steroid dienone is 1. The zero-order valence-electron chi connectivity index (χ0n) is 7.41. The van der Waals surface area contributed by atoms with Gasteiger partial charge in [-0.2, -0.15) is 0 Å². The summed E-state index contributed by atoms with van der Waals surface area (Å²) >= 11 is 0. The molecule has 0 amide bonds. The van der Waals surface area contributed by atoms with Crippen LogP contribution in [0.3, 0.4) is 0 Å². The van der Waals surface area contributed by atoms with E-state index < -0.39 is 0 Å². The number of nitrogens with one attached hydrogen (secondary N) is 1. The van der Waals surface area contributed by atoms with Crippen LogP contribution in [0, 0.1) is 0 Å². The summed E-state index contributed by atoms with van der Waals surface area (Å²) in [5, 5.41) is 3.28. The van der Waals surface area contributed by atoms with E-state index >= 15 is 0 Å². The Morgan fingerprint density at radius 3 is 2.40 bits per heavy atom. The van der Waals surface area contributed by atoms with Crippen molar-refractivity contribution in [1.29, 1.82) is 0 Å². The van der Waals surface area contributed by atoms with Gasteiger partial charge < -0.3 is 5.32 Å². The Hall–Kier alpha value is -0.460. The molecular weight excluding hydrogens is 122 g/mol. The standard InChI is InChI=1S/C7H13N.C2H6/c1-6-4-3-5-7(2)8-6;1-2/h7-8H,1,3-5H2,2H3;1-2H3. The van der Waals surface area contributed by atoms with Crippen LogP contribution in [0.1, 0.15) is 40.0 Å². The molecule has 1 unspecified atom stereocenters. The SMILES string of the molecule is C=C1CCCC(C)N1.CC. The highest BCUT2D eigenvalue weighted by Gasteiger charge is 2.07. The molecule has 1 saturated heterocycles. The minimum absolute atomic E-state index is 0.663. The van der Waals surface area contributed by atoms with Crippen LogP contribution < -0.4 is 5.32 Å². The third-order valence-corrected chi connectivity index (χ3v) is 1.57. The molecule has 0 radical (unpaired) electrons. The highest BCUT2D eigenvalue weighted by atomic mass is 14.9. The molecule has 0 saturated carbocycles. The summed E-state index contributed by atoms with van der Waals surface area (Å²) in [6.45, 7) is 10.1. The molecule has 0 aromatic carbocycles. The van der Waals surface area contributed by atoms with Crippen LogP contribution in [0.2, 0.25) is 0 Å². The minimum atomic E-state index is 0.663. The summed E-state index contributed by atoms with van der Waals surface area (Å²) < 4.78 is 0. The second-order valence-corrected chi connectivity index (χ2v) is 2.54. The molecule has 1 N–H and O–H groups in total. The molecule has 0 aromatic rings. The molecule has 1 aliphatic rings. The van der Waals surface area contributed by atoms with Gasteiger partial charge in [0.05, 0.1) is 0 Å². The molecule has 1 heterocycles. The highest BCUT2D eigenvalue weighted by Crippen LogP contribution is 2.12. The first-order valence-electron chi connectivity index (χ1n) is 4.23. The monoisotopic (exact) mass is 141 g/mol. The van der Waals surface area contributed by atoms with Crippen molar-refractivity contribution in [3.63, 3.8) is 0 Å². The van der Waals surface area contributed by atoms with Crippen molar-refractivity contribution in [1.82, 2.24) is 5.32 Å². The van der Waals surface area contributed by atoms with Crippen LogP contribution >= 0.6 is 0 Å². The molecule has 0 aliphatic carbocycles. The molecule has 1 nitrogen and oxygen atoms in total. The van der Waals surface area contributed by atoms with Gasteiger partial charge in [-0.05, 0) is 26.2 Å². The van der Waals surface area contributed by atoms with Crippen LogP contribution in [0.25, 0.3) is 0 Å². The first-order valence-corrected chi connectivity index (χ1v) is 4.23. The lowest BCUT2D eigenvalue weighted by molar-refractivity contribution is 0.480. The maximum Gasteiger partial charge on any atom is 0.0229 e. The number of hydrogen-bond acceptors (Lipinski definition) is 1. The average Bonchev–Trinajstić information content (AvgIpc) is 1.91. The largest absolute Gasteiger partial charge is 0.386 e. The first-order chi connectivity index (χ1) is 4.79. The van der Waals surface area contributed by atoms with Gasteiger partial charge >= 0.3 is 0 Å². The fraction of sp³-hybridized carbons (Fsp3) is 0.778. The van der Waals surface area contributed by atoms with E-state index in [1.165, 1.54) is 25.0 Å². The fourth-order valence-electron chi connectivity index (χ4n) is 1.11. The van der Waals surface area contributed by atoms with E-state index in [0.717, 1.165) is 0 Å². The number of rotatable bonds is 0. The summed E-state index contributed by atoms with van der Waals surface area (Å²) in [4.78, 5) is 0. The zero-order valence-corrected chi connectivity index (χ0v) is 7.41.